The Labute approximate surface area is 206 Å². The first-order valence-corrected chi connectivity index (χ1v) is 13.3. The summed E-state index contributed by atoms with van der Waals surface area (Å²) in [5, 5.41) is 9.78. The van der Waals surface area contributed by atoms with E-state index in [9.17, 15) is 23.2 Å². The molecule has 1 unspecified atom stereocenters. The number of hydrogen-bond acceptors (Lipinski definition) is 7. The van der Waals surface area contributed by atoms with E-state index in [2.05, 4.69) is 4.98 Å². The third-order valence-corrected chi connectivity index (χ3v) is 10.2. The maximum atomic E-state index is 13.7. The van der Waals surface area contributed by atoms with E-state index in [4.69, 9.17) is 11.6 Å². The molecule has 1 saturated heterocycles. The van der Waals surface area contributed by atoms with E-state index in [0.717, 1.165) is 10.4 Å². The third kappa shape index (κ3) is 4.72. The number of nitrogens with zero attached hydrogens (tertiary/aromatic N) is 2. The second-order valence-electron chi connectivity index (χ2n) is 7.97. The zero-order valence-corrected chi connectivity index (χ0v) is 20.4. The number of sulfone groups is 1. The fourth-order valence-electron chi connectivity index (χ4n) is 4.10. The summed E-state index contributed by atoms with van der Waals surface area (Å²) in [4.78, 5) is 32.0. The molecule has 2 aromatic heterocycles. The van der Waals surface area contributed by atoms with Gasteiger partial charge in [0.1, 0.15) is 4.75 Å². The van der Waals surface area contributed by atoms with Crippen LogP contribution in [0.4, 0.5) is 0 Å². The number of hydrogen-bond donors (Lipinski definition) is 2. The molecular weight excluding hydrogens is 498 g/mol. The van der Waals surface area contributed by atoms with E-state index in [1.807, 2.05) is 18.2 Å². The number of halogens is 1. The van der Waals surface area contributed by atoms with Crippen LogP contribution in [0.5, 0.6) is 0 Å². The van der Waals surface area contributed by atoms with Crippen molar-refractivity contribution in [3.8, 4) is 10.4 Å². The molecule has 34 heavy (non-hydrogen) atoms. The Kier molecular flexibility index (Phi) is 7.04. The molecular formula is C23H22ClN3O5S2. The molecule has 178 valence electrons. The Balaban J connectivity index is 1.72. The normalized spacial score (nSPS) is 19.9. The van der Waals surface area contributed by atoms with E-state index in [1.54, 1.807) is 35.8 Å². The lowest BCUT2D eigenvalue weighted by molar-refractivity contribution is -0.129. The van der Waals surface area contributed by atoms with Crippen LogP contribution < -0.4 is 5.48 Å². The van der Waals surface area contributed by atoms with E-state index >= 15 is 0 Å². The van der Waals surface area contributed by atoms with Crippen molar-refractivity contribution in [3.05, 3.63) is 76.4 Å². The first kappa shape index (κ1) is 24.3. The van der Waals surface area contributed by atoms with Crippen molar-refractivity contribution in [3.63, 3.8) is 0 Å². The Morgan fingerprint density at radius 2 is 1.79 bits per heavy atom. The second-order valence-corrected chi connectivity index (χ2v) is 11.9. The predicted molar refractivity (Wildman–Crippen MR) is 130 cm³/mol. The van der Waals surface area contributed by atoms with E-state index in [-0.39, 0.29) is 31.2 Å². The number of benzene rings is 1. The largest absolute Gasteiger partial charge is 0.338 e. The number of amides is 2. The molecule has 1 fully saturated rings. The zero-order valence-electron chi connectivity index (χ0n) is 18.0. The van der Waals surface area contributed by atoms with Crippen molar-refractivity contribution in [1.82, 2.24) is 15.4 Å². The molecule has 0 radical (unpaired) electrons. The summed E-state index contributed by atoms with van der Waals surface area (Å²) in [7, 11) is -3.89. The van der Waals surface area contributed by atoms with Crippen LogP contribution in [-0.2, 0) is 19.4 Å². The monoisotopic (exact) mass is 519 g/mol. The van der Waals surface area contributed by atoms with Gasteiger partial charge in [0.25, 0.3) is 5.91 Å². The number of hydroxylamine groups is 1. The SMILES string of the molecule is O=C(CC1(c2ccc(-c3ccc(Cl)cc3)s2)CCN(C(=O)c2ccncc2)CCS1(=O)=O)NO. The number of rotatable bonds is 5. The highest BCUT2D eigenvalue weighted by molar-refractivity contribution is 7.92. The molecule has 3 aromatic rings. The van der Waals surface area contributed by atoms with Gasteiger partial charge in [-0.2, -0.15) is 0 Å². The van der Waals surface area contributed by atoms with Crippen molar-refractivity contribution in [2.45, 2.75) is 17.6 Å². The molecule has 0 saturated carbocycles. The minimum atomic E-state index is -3.89. The number of thiophene rings is 1. The van der Waals surface area contributed by atoms with Gasteiger partial charge in [0.05, 0.1) is 12.2 Å². The van der Waals surface area contributed by atoms with Crippen LogP contribution in [0.15, 0.2) is 60.9 Å². The number of carbonyl (C=O) groups excluding carboxylic acids is 2. The van der Waals surface area contributed by atoms with Crippen LogP contribution >= 0.6 is 22.9 Å². The summed E-state index contributed by atoms with van der Waals surface area (Å²) < 4.78 is 25.7. The number of carbonyl (C=O) groups is 2. The molecule has 3 heterocycles. The standard InChI is InChI=1S/C23H22ClN3O5S2/c24-18-3-1-16(2-4-18)19-5-6-20(33-19)23(15-21(28)26-30)9-12-27(13-14-34(23,31)32)22(29)17-7-10-25-11-8-17/h1-8,10-11,30H,9,12-15H2,(H,26,28). The Hall–Kier alpha value is -2.79. The molecule has 8 nitrogen and oxygen atoms in total. The molecule has 0 aliphatic carbocycles. The molecule has 2 N–H and O–H groups in total. The highest BCUT2D eigenvalue weighted by atomic mass is 35.5. The van der Waals surface area contributed by atoms with E-state index < -0.39 is 26.9 Å². The van der Waals surface area contributed by atoms with Crippen molar-refractivity contribution < 1.29 is 23.2 Å². The summed E-state index contributed by atoms with van der Waals surface area (Å²) in [6.45, 7) is 0.134. The molecule has 1 atom stereocenters. The highest BCUT2D eigenvalue weighted by Gasteiger charge is 2.49. The smallest absolute Gasteiger partial charge is 0.253 e. The minimum absolute atomic E-state index is 0.00139. The fourth-order valence-corrected chi connectivity index (χ4v) is 7.84. The molecule has 0 bridgehead atoms. The van der Waals surface area contributed by atoms with E-state index in [0.29, 0.717) is 15.5 Å². The molecule has 1 aliphatic heterocycles. The van der Waals surface area contributed by atoms with Crippen molar-refractivity contribution in [1.29, 1.82) is 0 Å². The summed E-state index contributed by atoms with van der Waals surface area (Å²) in [5.41, 5.74) is 2.84. The summed E-state index contributed by atoms with van der Waals surface area (Å²) in [6, 6.07) is 13.8. The van der Waals surface area contributed by atoms with Gasteiger partial charge in [0.15, 0.2) is 9.84 Å². The molecule has 11 heteroatoms. The van der Waals surface area contributed by atoms with Crippen LogP contribution in [0, 0.1) is 0 Å². The minimum Gasteiger partial charge on any atom is -0.338 e. The summed E-state index contributed by atoms with van der Waals surface area (Å²) >= 11 is 7.25. The van der Waals surface area contributed by atoms with Gasteiger partial charge in [0, 0.05) is 45.8 Å². The lowest BCUT2D eigenvalue weighted by Crippen LogP contribution is -2.41. The number of pyridine rings is 1. The Morgan fingerprint density at radius 3 is 2.47 bits per heavy atom. The molecule has 0 spiro atoms. The molecule has 1 aromatic carbocycles. The van der Waals surface area contributed by atoms with Crippen LogP contribution in [-0.4, -0.2) is 54.2 Å². The number of nitrogens with one attached hydrogen (secondary N) is 1. The van der Waals surface area contributed by atoms with E-state index in [1.165, 1.54) is 28.6 Å². The van der Waals surface area contributed by atoms with Crippen LogP contribution in [0.2, 0.25) is 5.02 Å². The van der Waals surface area contributed by atoms with Crippen molar-refractivity contribution >= 4 is 44.6 Å². The van der Waals surface area contributed by atoms with Gasteiger partial charge in [-0.15, -0.1) is 11.3 Å². The quantitative estimate of drug-likeness (QED) is 0.393. The lowest BCUT2D eigenvalue weighted by atomic mass is 9.97. The van der Waals surface area contributed by atoms with Crippen LogP contribution in [0.3, 0.4) is 0 Å². The second kappa shape index (κ2) is 9.83. The highest BCUT2D eigenvalue weighted by Crippen LogP contribution is 2.45. The third-order valence-electron chi connectivity index (χ3n) is 5.98. The lowest BCUT2D eigenvalue weighted by Gasteiger charge is -2.30. The van der Waals surface area contributed by atoms with Crippen LogP contribution in [0.1, 0.15) is 28.1 Å². The zero-order chi connectivity index (χ0) is 24.3. The first-order chi connectivity index (χ1) is 16.3. The van der Waals surface area contributed by atoms with Gasteiger partial charge in [-0.05, 0) is 48.4 Å². The topological polar surface area (TPSA) is 117 Å². The van der Waals surface area contributed by atoms with Crippen molar-refractivity contribution in [2.24, 2.45) is 0 Å². The summed E-state index contributed by atoms with van der Waals surface area (Å²) in [6.07, 6.45) is 2.56. The van der Waals surface area contributed by atoms with Gasteiger partial charge in [-0.1, -0.05) is 23.7 Å². The molecule has 2 amide bonds. The molecule has 4 rings (SSSR count). The van der Waals surface area contributed by atoms with Gasteiger partial charge >= 0.3 is 0 Å². The maximum Gasteiger partial charge on any atom is 0.253 e. The predicted octanol–water partition coefficient (Wildman–Crippen LogP) is 3.52. The molecule has 1 aliphatic rings. The Morgan fingerprint density at radius 1 is 1.09 bits per heavy atom. The first-order valence-electron chi connectivity index (χ1n) is 10.5. The van der Waals surface area contributed by atoms with Gasteiger partial charge in [-0.3, -0.25) is 19.8 Å². The maximum absolute atomic E-state index is 13.7. The summed E-state index contributed by atoms with van der Waals surface area (Å²) in [5.74, 6) is -1.41. The average Bonchev–Trinajstić information content (AvgIpc) is 3.29. The average molecular weight is 520 g/mol. The van der Waals surface area contributed by atoms with Gasteiger partial charge < -0.3 is 4.90 Å². The van der Waals surface area contributed by atoms with Gasteiger partial charge in [0.2, 0.25) is 5.91 Å². The van der Waals surface area contributed by atoms with Crippen LogP contribution in [0.25, 0.3) is 10.4 Å². The number of aromatic nitrogens is 1. The Bertz CT molecular complexity index is 1300. The van der Waals surface area contributed by atoms with Crippen molar-refractivity contribution in [2.75, 3.05) is 18.8 Å². The van der Waals surface area contributed by atoms with Gasteiger partial charge in [-0.25, -0.2) is 13.9 Å². The fraction of sp³-hybridized carbons (Fsp3) is 0.261.